The number of halogens is 4. The monoisotopic (exact) mass is 1550 g/mol. The third-order valence-corrected chi connectivity index (χ3v) is 24.5. The Morgan fingerprint density at radius 3 is 1.95 bits per heavy atom. The lowest BCUT2D eigenvalue weighted by Gasteiger charge is -2.54. The minimum atomic E-state index is -4.53. The standard InChI is InChI=1S/C78H126ClF3N12O14/c1-16-23-58-67(98)84-57(38-48(3)4)69(100)92(36-37-107-15)45-65(97)89(12)59-26-19-18-22-35-93(73(59)104)62(40-51-29-27-49(5)28-30-51)72(103)87(10)44-63(95)83-56(34-32-50-31-33-54(55(79)39-50)78(80,81)82)70(101)94-43-53(108-17-2)41-60(94)68(99)85-77(46-76(6,7)47-77)75(106)91(14)66(52-24-20-21-25-52)74(105)90(13)61(71(102)86(8)9)42-64(96)88(58)11/h18-19,48-62,66H,16-17,20-47H2,1-15H3,(H,83,95)(H,84,98)(H,85,99)/b19-18-/t49?,50?,51?,53-,54?,55?,56+,57+,58+,59+,60+,61+,62+,66+/m1/s1. The van der Waals surface area contributed by atoms with Crippen molar-refractivity contribution >= 4 is 82.5 Å². The Morgan fingerprint density at radius 1 is 0.704 bits per heavy atom. The predicted octanol–water partition coefficient (Wildman–Crippen LogP) is 6.54. The summed E-state index contributed by atoms with van der Waals surface area (Å²) in [6.45, 7) is 12.1. The maximum absolute atomic E-state index is 15.8. The fraction of sp³-hybridized carbons (Fsp3) is 0.821. The summed E-state index contributed by atoms with van der Waals surface area (Å²) in [5.41, 5.74) is -2.18. The Bertz CT molecular complexity index is 3190. The summed E-state index contributed by atoms with van der Waals surface area (Å²) in [5.74, 6) is -10.3. The molecule has 12 amide bonds. The topological polar surface area (TPSA) is 289 Å². The number of nitrogens with one attached hydrogen (secondary N) is 3. The van der Waals surface area contributed by atoms with E-state index in [2.05, 4.69) is 22.9 Å². The first kappa shape index (κ1) is 88.6. The summed E-state index contributed by atoms with van der Waals surface area (Å²) in [5, 5.41) is 7.63. The van der Waals surface area contributed by atoms with E-state index >= 15 is 33.6 Å². The Labute approximate surface area is 643 Å². The minimum absolute atomic E-state index is 0.0182. The van der Waals surface area contributed by atoms with Crippen molar-refractivity contribution in [3.63, 3.8) is 0 Å². The molecule has 0 aromatic rings. The number of fused-ring (bicyclic) bond motifs is 3. The highest BCUT2D eigenvalue weighted by molar-refractivity contribution is 6.21. The number of methoxy groups -OCH3 is 1. The molecule has 1 spiro atoms. The zero-order valence-electron chi connectivity index (χ0n) is 66.9. The lowest BCUT2D eigenvalue weighted by molar-refractivity contribution is -0.182. The number of rotatable bonds is 16. The second-order valence-corrected chi connectivity index (χ2v) is 34.2. The van der Waals surface area contributed by atoms with Gasteiger partial charge in [0.15, 0.2) is 0 Å². The van der Waals surface area contributed by atoms with E-state index in [4.69, 9.17) is 21.1 Å². The van der Waals surface area contributed by atoms with E-state index in [1.54, 1.807) is 13.0 Å². The van der Waals surface area contributed by atoms with Gasteiger partial charge in [0.1, 0.15) is 53.9 Å². The lowest BCUT2D eigenvalue weighted by atomic mass is 9.58. The number of ether oxygens (including phenoxy) is 2. The van der Waals surface area contributed by atoms with Crippen LogP contribution in [0.25, 0.3) is 0 Å². The van der Waals surface area contributed by atoms with Crippen LogP contribution in [0.3, 0.4) is 0 Å². The van der Waals surface area contributed by atoms with Gasteiger partial charge in [0.05, 0.1) is 38.1 Å². The first-order valence-corrected chi connectivity index (χ1v) is 40.0. The fourth-order valence-electron chi connectivity index (χ4n) is 18.0. The van der Waals surface area contributed by atoms with Crippen molar-refractivity contribution in [1.82, 2.24) is 60.0 Å². The number of hydrogen-bond acceptors (Lipinski definition) is 14. The number of alkyl halides is 4. The molecule has 12 atom stereocenters. The molecule has 3 aliphatic heterocycles. The van der Waals surface area contributed by atoms with Gasteiger partial charge in [0, 0.05) is 94.5 Å². The van der Waals surface area contributed by atoms with Gasteiger partial charge in [-0.05, 0) is 132 Å². The Morgan fingerprint density at radius 2 is 1.36 bits per heavy atom. The van der Waals surface area contributed by atoms with Crippen LogP contribution in [-0.4, -0.2) is 289 Å². The smallest absolute Gasteiger partial charge is 0.383 e. The van der Waals surface area contributed by atoms with Crippen LogP contribution in [-0.2, 0) is 67.0 Å². The normalized spacial score (nSPS) is 31.3. The summed E-state index contributed by atoms with van der Waals surface area (Å²) in [6.07, 6.45) is 4.74. The van der Waals surface area contributed by atoms with Gasteiger partial charge in [0.25, 0.3) is 0 Å². The quantitative estimate of drug-likeness (QED) is 0.109. The zero-order valence-corrected chi connectivity index (χ0v) is 67.6. The molecule has 3 unspecified atom stereocenters. The van der Waals surface area contributed by atoms with Crippen LogP contribution in [0.2, 0.25) is 0 Å². The zero-order chi connectivity index (χ0) is 80.0. The highest BCUT2D eigenvalue weighted by Crippen LogP contribution is 2.50. The van der Waals surface area contributed by atoms with Gasteiger partial charge in [-0.1, -0.05) is 98.6 Å². The van der Waals surface area contributed by atoms with Crippen LogP contribution in [0.4, 0.5) is 13.2 Å². The maximum atomic E-state index is 15.8. The lowest BCUT2D eigenvalue weighted by Crippen LogP contribution is -2.71. The average molecular weight is 1550 g/mol. The third-order valence-electron chi connectivity index (χ3n) is 24.0. The molecule has 26 nitrogen and oxygen atoms in total. The molecule has 0 radical (unpaired) electrons. The van der Waals surface area contributed by atoms with Crippen LogP contribution in [0, 0.1) is 40.9 Å². The molecular formula is C78H126ClF3N12O14. The maximum Gasteiger partial charge on any atom is 0.393 e. The van der Waals surface area contributed by atoms with Crippen LogP contribution < -0.4 is 16.0 Å². The second kappa shape index (κ2) is 39.0. The molecule has 610 valence electrons. The summed E-state index contributed by atoms with van der Waals surface area (Å²) in [6, 6.07) is -10.2. The molecule has 30 heteroatoms. The molecule has 6 fully saturated rings. The van der Waals surface area contributed by atoms with E-state index in [9.17, 15) is 37.1 Å². The molecule has 4 saturated carbocycles. The van der Waals surface area contributed by atoms with Crippen molar-refractivity contribution in [2.45, 2.75) is 268 Å². The number of likely N-dealkylation sites (N-methyl/N-ethyl adjacent to an activating group) is 6. The SMILES string of the molecule is CCC[C@H]1C(=O)N[C@@H](CC(C)C)C(=O)N(CCOC)CC(=O)N(C)[C@H]2C/C=C\CCN(C2=O)[C@@H](CC2CCC(C)CC2)C(=O)N(C)CC(=O)N[C@@H](CCC2CCC(C(F)(F)F)C(Cl)C2)C(=O)N2C[C@H](OCC)C[C@H]2C(=O)NC2(CC(C)(C)C2)C(=O)N(C)[C@@H](C2CCCC2)C(=O)N(C)[C@H](C(=O)N(C)C)CC(=O)N1C. The Kier molecular flexibility index (Phi) is 32.0. The highest BCUT2D eigenvalue weighted by atomic mass is 35.5. The van der Waals surface area contributed by atoms with Crippen molar-refractivity contribution in [3.05, 3.63) is 12.2 Å². The number of nitrogens with zero attached hydrogens (tertiary/aromatic N) is 9. The number of amides is 12. The van der Waals surface area contributed by atoms with Gasteiger partial charge < -0.3 is 69.5 Å². The molecular weight excluding hydrogens is 1420 g/mol. The van der Waals surface area contributed by atoms with Crippen molar-refractivity contribution in [1.29, 1.82) is 0 Å². The van der Waals surface area contributed by atoms with Gasteiger partial charge in [-0.15, -0.1) is 11.6 Å². The number of hydrogen-bond donors (Lipinski definition) is 3. The summed E-state index contributed by atoms with van der Waals surface area (Å²) >= 11 is 6.48. The fourth-order valence-corrected chi connectivity index (χ4v) is 18.5. The van der Waals surface area contributed by atoms with E-state index < -0.39 is 185 Å². The molecule has 3 N–H and O–H groups in total. The Balaban J connectivity index is 1.34. The van der Waals surface area contributed by atoms with Crippen LogP contribution in [0.5, 0.6) is 0 Å². The first-order chi connectivity index (χ1) is 50.8. The van der Waals surface area contributed by atoms with Gasteiger partial charge in [0.2, 0.25) is 70.9 Å². The van der Waals surface area contributed by atoms with E-state index in [0.29, 0.717) is 31.6 Å². The number of carbonyl (C=O) groups excluding carboxylic acids is 12. The molecule has 0 aromatic heterocycles. The highest BCUT2D eigenvalue weighted by Gasteiger charge is 2.59. The van der Waals surface area contributed by atoms with Gasteiger partial charge >= 0.3 is 6.18 Å². The van der Waals surface area contributed by atoms with Crippen molar-refractivity contribution in [2.75, 3.05) is 102 Å². The third kappa shape index (κ3) is 22.4. The summed E-state index contributed by atoms with van der Waals surface area (Å²) in [4.78, 5) is 195. The van der Waals surface area contributed by atoms with Crippen LogP contribution in [0.1, 0.15) is 196 Å². The van der Waals surface area contributed by atoms with Gasteiger partial charge in [-0.25, -0.2) is 0 Å². The number of carbonyl (C=O) groups is 12. The second-order valence-electron chi connectivity index (χ2n) is 33.6. The van der Waals surface area contributed by atoms with Crippen molar-refractivity contribution < 1.29 is 80.2 Å². The van der Waals surface area contributed by atoms with Crippen molar-refractivity contribution in [2.24, 2.45) is 40.9 Å². The molecule has 7 aliphatic rings. The molecule has 3 heterocycles. The Hall–Kier alpha value is -6.62. The largest absolute Gasteiger partial charge is 0.393 e. The average Bonchev–Trinajstić information content (AvgIpc) is 0.887. The molecule has 2 bridgehead atoms. The van der Waals surface area contributed by atoms with Crippen LogP contribution >= 0.6 is 11.6 Å². The van der Waals surface area contributed by atoms with Gasteiger partial charge in [-0.3, -0.25) is 57.5 Å². The molecule has 108 heavy (non-hydrogen) atoms. The van der Waals surface area contributed by atoms with Crippen LogP contribution in [0.15, 0.2) is 12.2 Å². The van der Waals surface area contributed by atoms with E-state index in [0.717, 1.165) is 38.5 Å². The van der Waals surface area contributed by atoms with Crippen molar-refractivity contribution in [3.8, 4) is 0 Å². The van der Waals surface area contributed by atoms with E-state index in [1.807, 2.05) is 40.7 Å². The molecule has 7 rings (SSSR count). The van der Waals surface area contributed by atoms with E-state index in [-0.39, 0.29) is 122 Å². The molecule has 4 aliphatic carbocycles. The molecule has 0 aromatic carbocycles. The predicted molar refractivity (Wildman–Crippen MR) is 401 cm³/mol. The molecule has 2 saturated heterocycles. The minimum Gasteiger partial charge on any atom is -0.383 e. The first-order valence-electron chi connectivity index (χ1n) is 39.6. The van der Waals surface area contributed by atoms with Gasteiger partial charge in [-0.2, -0.15) is 13.2 Å². The summed E-state index contributed by atoms with van der Waals surface area (Å²) in [7, 11) is 11.6. The van der Waals surface area contributed by atoms with E-state index in [1.165, 1.54) is 101 Å². The summed E-state index contributed by atoms with van der Waals surface area (Å²) < 4.78 is 54.1.